The molecule has 110 valence electrons. The van der Waals surface area contributed by atoms with E-state index in [1.165, 1.54) is 11.3 Å². The Hall–Kier alpha value is -2.08. The molecule has 0 saturated heterocycles. The number of carbonyl (C=O) groups excluding carboxylic acids is 1. The first kappa shape index (κ1) is 13.9. The van der Waals surface area contributed by atoms with Gasteiger partial charge in [-0.25, -0.2) is 4.98 Å². The van der Waals surface area contributed by atoms with Gasteiger partial charge in [-0.05, 0) is 26.0 Å². The minimum atomic E-state index is -0.652. The van der Waals surface area contributed by atoms with Gasteiger partial charge in [0.15, 0.2) is 11.5 Å². The van der Waals surface area contributed by atoms with Crippen molar-refractivity contribution in [2.24, 2.45) is 0 Å². The molecular formula is C15H16N2O3S. The maximum Gasteiger partial charge on any atom is 0.265 e. The molecule has 0 unspecified atom stereocenters. The van der Waals surface area contributed by atoms with Gasteiger partial charge in [0.1, 0.15) is 11.1 Å². The first-order valence-electron chi connectivity index (χ1n) is 6.74. The van der Waals surface area contributed by atoms with Crippen molar-refractivity contribution in [3.05, 3.63) is 40.3 Å². The number of ether oxygens (including phenoxy) is 2. The monoisotopic (exact) mass is 304 g/mol. The third-order valence-corrected chi connectivity index (χ3v) is 4.15. The normalized spacial score (nSPS) is 20.1. The number of para-hydroxylation sites is 2. The number of aryl methyl sites for hydroxylation is 1. The van der Waals surface area contributed by atoms with Gasteiger partial charge in [0.05, 0.1) is 6.54 Å². The highest BCUT2D eigenvalue weighted by molar-refractivity contribution is 7.09. The first-order valence-corrected chi connectivity index (χ1v) is 7.62. The number of nitrogens with zero attached hydrogens (tertiary/aromatic N) is 1. The van der Waals surface area contributed by atoms with Crippen LogP contribution in [0.25, 0.3) is 0 Å². The van der Waals surface area contributed by atoms with Crippen molar-refractivity contribution in [3.63, 3.8) is 0 Å². The Morgan fingerprint density at radius 2 is 2.05 bits per heavy atom. The van der Waals surface area contributed by atoms with Gasteiger partial charge < -0.3 is 14.8 Å². The van der Waals surface area contributed by atoms with Crippen LogP contribution in [0.3, 0.4) is 0 Å². The van der Waals surface area contributed by atoms with E-state index in [0.717, 1.165) is 10.7 Å². The molecule has 1 aromatic heterocycles. The third-order valence-electron chi connectivity index (χ3n) is 3.18. The molecule has 2 heterocycles. The highest BCUT2D eigenvalue weighted by atomic mass is 32.1. The second-order valence-corrected chi connectivity index (χ2v) is 5.85. The highest BCUT2D eigenvalue weighted by Crippen LogP contribution is 2.33. The fourth-order valence-electron chi connectivity index (χ4n) is 2.15. The van der Waals surface area contributed by atoms with Crippen molar-refractivity contribution < 1.29 is 14.3 Å². The lowest BCUT2D eigenvalue weighted by molar-refractivity contribution is -0.133. The van der Waals surface area contributed by atoms with Gasteiger partial charge in [-0.1, -0.05) is 12.1 Å². The van der Waals surface area contributed by atoms with Crippen LogP contribution in [0.15, 0.2) is 29.6 Å². The Balaban J connectivity index is 1.65. The van der Waals surface area contributed by atoms with Crippen LogP contribution in [0.5, 0.6) is 11.5 Å². The Bertz CT molecular complexity index is 656. The minimum Gasteiger partial charge on any atom is -0.482 e. The number of fused-ring (bicyclic) bond motifs is 1. The molecule has 3 rings (SSSR count). The molecule has 0 aliphatic carbocycles. The van der Waals surface area contributed by atoms with Crippen LogP contribution in [-0.4, -0.2) is 23.1 Å². The zero-order chi connectivity index (χ0) is 14.8. The zero-order valence-corrected chi connectivity index (χ0v) is 12.6. The van der Waals surface area contributed by atoms with Crippen molar-refractivity contribution in [2.75, 3.05) is 0 Å². The van der Waals surface area contributed by atoms with Crippen LogP contribution in [0.2, 0.25) is 0 Å². The summed E-state index contributed by atoms with van der Waals surface area (Å²) in [6.45, 7) is 4.16. The van der Waals surface area contributed by atoms with Crippen LogP contribution < -0.4 is 14.8 Å². The number of thiazole rings is 1. The second-order valence-electron chi connectivity index (χ2n) is 4.91. The van der Waals surface area contributed by atoms with Crippen molar-refractivity contribution >= 4 is 17.2 Å². The molecule has 5 nitrogen and oxygen atoms in total. The smallest absolute Gasteiger partial charge is 0.265 e. The van der Waals surface area contributed by atoms with Crippen LogP contribution in [-0.2, 0) is 11.3 Å². The number of hydrogen-bond donors (Lipinski definition) is 1. The van der Waals surface area contributed by atoms with Gasteiger partial charge in [0.2, 0.25) is 6.10 Å². The number of benzene rings is 1. The van der Waals surface area contributed by atoms with Gasteiger partial charge in [0.25, 0.3) is 5.91 Å². The summed E-state index contributed by atoms with van der Waals surface area (Å²) in [5.41, 5.74) is 0.962. The van der Waals surface area contributed by atoms with Gasteiger partial charge >= 0.3 is 0 Å². The molecule has 0 bridgehead atoms. The topological polar surface area (TPSA) is 60.5 Å². The molecule has 6 heteroatoms. The molecule has 1 aliphatic rings. The lowest BCUT2D eigenvalue weighted by Crippen LogP contribution is -2.48. The van der Waals surface area contributed by atoms with Gasteiger partial charge in [-0.15, -0.1) is 11.3 Å². The molecule has 1 aliphatic heterocycles. The summed E-state index contributed by atoms with van der Waals surface area (Å²) in [4.78, 5) is 16.6. The van der Waals surface area contributed by atoms with E-state index >= 15 is 0 Å². The Labute approximate surface area is 126 Å². The zero-order valence-electron chi connectivity index (χ0n) is 11.8. The SMILES string of the molecule is Cc1csc(CNC(=O)[C@H]2Oc3ccccc3O[C@H]2C)n1. The molecule has 1 amide bonds. The Morgan fingerprint density at radius 1 is 1.33 bits per heavy atom. The Morgan fingerprint density at radius 3 is 2.71 bits per heavy atom. The summed E-state index contributed by atoms with van der Waals surface area (Å²) >= 11 is 1.53. The standard InChI is InChI=1S/C15H16N2O3S/c1-9-8-21-13(17-9)7-16-15(18)14-10(2)19-11-5-3-4-6-12(11)20-14/h3-6,8,10,14H,7H2,1-2H3,(H,16,18)/t10-,14-/m0/s1. The lowest BCUT2D eigenvalue weighted by atomic mass is 10.1. The van der Waals surface area contributed by atoms with Crippen molar-refractivity contribution in [2.45, 2.75) is 32.6 Å². The van der Waals surface area contributed by atoms with E-state index in [1.54, 1.807) is 6.07 Å². The molecular weight excluding hydrogens is 288 g/mol. The summed E-state index contributed by atoms with van der Waals surface area (Å²) in [5, 5.41) is 5.69. The maximum absolute atomic E-state index is 12.3. The average molecular weight is 304 g/mol. The summed E-state index contributed by atoms with van der Waals surface area (Å²) < 4.78 is 11.5. The molecule has 0 radical (unpaired) electrons. The second kappa shape index (κ2) is 5.73. The number of nitrogens with one attached hydrogen (secondary N) is 1. The summed E-state index contributed by atoms with van der Waals surface area (Å²) in [6, 6.07) is 7.36. The molecule has 0 spiro atoms. The number of amides is 1. The summed E-state index contributed by atoms with van der Waals surface area (Å²) in [5.74, 6) is 1.08. The van der Waals surface area contributed by atoms with Crippen molar-refractivity contribution in [1.82, 2.24) is 10.3 Å². The molecule has 0 saturated carbocycles. The van der Waals surface area contributed by atoms with Crippen LogP contribution in [0.1, 0.15) is 17.6 Å². The number of aromatic nitrogens is 1. The fraction of sp³-hybridized carbons (Fsp3) is 0.333. The van der Waals surface area contributed by atoms with E-state index in [0.29, 0.717) is 18.0 Å². The van der Waals surface area contributed by atoms with E-state index < -0.39 is 6.10 Å². The lowest BCUT2D eigenvalue weighted by Gasteiger charge is -2.30. The minimum absolute atomic E-state index is 0.190. The Kier molecular flexibility index (Phi) is 3.79. The first-order chi connectivity index (χ1) is 10.1. The van der Waals surface area contributed by atoms with Crippen LogP contribution in [0.4, 0.5) is 0 Å². The molecule has 21 heavy (non-hydrogen) atoms. The number of rotatable bonds is 3. The quantitative estimate of drug-likeness (QED) is 0.945. The van der Waals surface area contributed by atoms with Gasteiger partial charge in [0, 0.05) is 11.1 Å². The number of carbonyl (C=O) groups is 1. The summed E-state index contributed by atoms with van der Waals surface area (Å²) in [7, 11) is 0. The van der Waals surface area contributed by atoms with Crippen LogP contribution >= 0.6 is 11.3 Å². The van der Waals surface area contributed by atoms with Crippen molar-refractivity contribution in [1.29, 1.82) is 0 Å². The fourth-order valence-corrected chi connectivity index (χ4v) is 2.86. The predicted molar refractivity (Wildman–Crippen MR) is 79.6 cm³/mol. The molecule has 2 atom stereocenters. The third kappa shape index (κ3) is 3.00. The van der Waals surface area contributed by atoms with Gasteiger partial charge in [-0.2, -0.15) is 0 Å². The molecule has 1 aromatic carbocycles. The van der Waals surface area contributed by atoms with Gasteiger partial charge in [-0.3, -0.25) is 4.79 Å². The number of hydrogen-bond acceptors (Lipinski definition) is 5. The van der Waals surface area contributed by atoms with Crippen molar-refractivity contribution in [3.8, 4) is 11.5 Å². The molecule has 1 N–H and O–H groups in total. The van der Waals surface area contributed by atoms with E-state index in [-0.39, 0.29) is 12.0 Å². The average Bonchev–Trinajstić information content (AvgIpc) is 2.89. The van der Waals surface area contributed by atoms with E-state index in [4.69, 9.17) is 9.47 Å². The molecule has 0 fully saturated rings. The summed E-state index contributed by atoms with van der Waals surface area (Å²) in [6.07, 6.45) is -0.987. The highest BCUT2D eigenvalue weighted by Gasteiger charge is 2.33. The maximum atomic E-state index is 12.3. The van der Waals surface area contributed by atoms with E-state index in [9.17, 15) is 4.79 Å². The van der Waals surface area contributed by atoms with E-state index in [1.807, 2.05) is 37.4 Å². The van der Waals surface area contributed by atoms with E-state index in [2.05, 4.69) is 10.3 Å². The van der Waals surface area contributed by atoms with Crippen LogP contribution in [0, 0.1) is 6.92 Å². The molecule has 2 aromatic rings. The predicted octanol–water partition coefficient (Wildman–Crippen LogP) is 2.30. The largest absolute Gasteiger partial charge is 0.482 e.